The van der Waals surface area contributed by atoms with E-state index in [2.05, 4.69) is 30.7 Å². The van der Waals surface area contributed by atoms with Gasteiger partial charge in [-0.2, -0.15) is 5.10 Å². The van der Waals surface area contributed by atoms with Crippen LogP contribution in [0.2, 0.25) is 0 Å². The number of nitrogens with one attached hydrogen (secondary N) is 1. The van der Waals surface area contributed by atoms with Crippen molar-refractivity contribution in [3.63, 3.8) is 0 Å². The van der Waals surface area contributed by atoms with Gasteiger partial charge in [-0.25, -0.2) is 9.50 Å². The highest BCUT2D eigenvalue weighted by Crippen LogP contribution is 2.36. The molecule has 3 heterocycles. The Bertz CT molecular complexity index is 656. The highest BCUT2D eigenvalue weighted by molar-refractivity contribution is 9.10. The molecule has 1 fully saturated rings. The second-order valence-electron chi connectivity index (χ2n) is 6.28. The quantitative estimate of drug-likeness (QED) is 0.801. The fourth-order valence-corrected chi connectivity index (χ4v) is 4.39. The Kier molecular flexibility index (Phi) is 3.71. The van der Waals surface area contributed by atoms with Gasteiger partial charge in [0.1, 0.15) is 0 Å². The summed E-state index contributed by atoms with van der Waals surface area (Å²) in [5.41, 5.74) is 4.85. The number of halogens is 1. The Balaban J connectivity index is 1.81. The van der Waals surface area contributed by atoms with Crippen molar-refractivity contribution in [1.29, 1.82) is 0 Å². The van der Waals surface area contributed by atoms with Crippen LogP contribution >= 0.6 is 15.9 Å². The molecule has 0 spiro atoms. The van der Waals surface area contributed by atoms with Gasteiger partial charge in [-0.3, -0.25) is 0 Å². The molecule has 2 aliphatic rings. The molecular formula is C16H21BrN4. The second kappa shape index (κ2) is 5.69. The molecule has 0 saturated heterocycles. The average Bonchev–Trinajstić information content (AvgIpc) is 2.70. The molecule has 1 aliphatic carbocycles. The summed E-state index contributed by atoms with van der Waals surface area (Å²) in [6.45, 7) is 1.94. The molecule has 0 aromatic carbocycles. The average molecular weight is 349 g/mol. The van der Waals surface area contributed by atoms with Crippen LogP contribution in [0.5, 0.6) is 0 Å². The summed E-state index contributed by atoms with van der Waals surface area (Å²) < 4.78 is 3.22. The van der Waals surface area contributed by atoms with Gasteiger partial charge in [0.15, 0.2) is 5.65 Å². The van der Waals surface area contributed by atoms with Crippen LogP contribution in [0.4, 0.5) is 0 Å². The monoisotopic (exact) mass is 348 g/mol. The van der Waals surface area contributed by atoms with E-state index in [1.807, 2.05) is 6.20 Å². The van der Waals surface area contributed by atoms with Crippen molar-refractivity contribution < 1.29 is 0 Å². The lowest BCUT2D eigenvalue weighted by atomic mass is 9.97. The van der Waals surface area contributed by atoms with Crippen LogP contribution < -0.4 is 5.32 Å². The smallest absolute Gasteiger partial charge is 0.169 e. The van der Waals surface area contributed by atoms with Crippen LogP contribution in [-0.4, -0.2) is 21.1 Å². The summed E-state index contributed by atoms with van der Waals surface area (Å²) in [5, 5.41) is 8.38. The summed E-state index contributed by atoms with van der Waals surface area (Å²) in [4.78, 5) is 4.65. The third-order valence-electron chi connectivity index (χ3n) is 4.89. The van der Waals surface area contributed by atoms with E-state index < -0.39 is 0 Å². The van der Waals surface area contributed by atoms with Gasteiger partial charge in [0.05, 0.1) is 15.9 Å². The van der Waals surface area contributed by atoms with Gasteiger partial charge in [0, 0.05) is 37.2 Å². The molecule has 112 valence electrons. The largest absolute Gasteiger partial charge is 0.312 e. The maximum atomic E-state index is 4.97. The van der Waals surface area contributed by atoms with Gasteiger partial charge < -0.3 is 5.32 Å². The molecule has 21 heavy (non-hydrogen) atoms. The molecular weight excluding hydrogens is 328 g/mol. The molecule has 5 heteroatoms. The van der Waals surface area contributed by atoms with Gasteiger partial charge in [-0.1, -0.05) is 25.7 Å². The Morgan fingerprint density at radius 2 is 2.00 bits per heavy atom. The Morgan fingerprint density at radius 1 is 1.19 bits per heavy atom. The summed E-state index contributed by atoms with van der Waals surface area (Å²) in [7, 11) is 0. The molecule has 0 radical (unpaired) electrons. The maximum Gasteiger partial charge on any atom is 0.169 e. The predicted molar refractivity (Wildman–Crippen MR) is 86.5 cm³/mol. The van der Waals surface area contributed by atoms with E-state index in [1.165, 1.54) is 55.5 Å². The van der Waals surface area contributed by atoms with Crippen molar-refractivity contribution >= 4 is 21.6 Å². The first-order valence-electron chi connectivity index (χ1n) is 8.10. The van der Waals surface area contributed by atoms with Crippen molar-refractivity contribution in [2.45, 2.75) is 57.4 Å². The van der Waals surface area contributed by atoms with Gasteiger partial charge in [0.25, 0.3) is 0 Å². The summed E-state index contributed by atoms with van der Waals surface area (Å²) >= 11 is 3.78. The molecule has 4 rings (SSSR count). The fourth-order valence-electron chi connectivity index (χ4n) is 3.71. The van der Waals surface area contributed by atoms with Crippen LogP contribution in [-0.2, 0) is 13.0 Å². The SMILES string of the molecule is Brc1c(C2CCCCCC2)nn2c3c(cnc12)CNCC3. The maximum absolute atomic E-state index is 4.97. The van der Waals surface area contributed by atoms with E-state index >= 15 is 0 Å². The van der Waals surface area contributed by atoms with E-state index in [0.717, 1.165) is 29.6 Å². The Labute approximate surface area is 133 Å². The molecule has 1 aliphatic heterocycles. The summed E-state index contributed by atoms with van der Waals surface area (Å²) in [5.74, 6) is 0.598. The van der Waals surface area contributed by atoms with Crippen molar-refractivity contribution in [1.82, 2.24) is 19.9 Å². The van der Waals surface area contributed by atoms with Gasteiger partial charge in [0.2, 0.25) is 0 Å². The number of fused-ring (bicyclic) bond motifs is 3. The predicted octanol–water partition coefficient (Wildman–Crippen LogP) is 3.58. The van der Waals surface area contributed by atoms with Crippen LogP contribution in [0.25, 0.3) is 5.65 Å². The minimum absolute atomic E-state index is 0.598. The van der Waals surface area contributed by atoms with E-state index in [9.17, 15) is 0 Å². The first-order valence-corrected chi connectivity index (χ1v) is 8.89. The standard InChI is InChI=1S/C16H21BrN4/c17-14-15(11-5-3-1-2-4-6-11)20-21-13-7-8-18-9-12(13)10-19-16(14)21/h10-11,18H,1-9H2. The molecule has 0 amide bonds. The van der Waals surface area contributed by atoms with E-state index in [1.54, 1.807) is 0 Å². The van der Waals surface area contributed by atoms with Crippen molar-refractivity contribution in [3.8, 4) is 0 Å². The third kappa shape index (κ3) is 2.40. The zero-order valence-corrected chi connectivity index (χ0v) is 13.8. The van der Waals surface area contributed by atoms with Gasteiger partial charge in [-0.05, 0) is 28.8 Å². The number of hydrogen-bond acceptors (Lipinski definition) is 3. The molecule has 2 aromatic heterocycles. The number of nitrogens with zero attached hydrogens (tertiary/aromatic N) is 3. The van der Waals surface area contributed by atoms with Crippen molar-refractivity contribution in [2.75, 3.05) is 6.54 Å². The van der Waals surface area contributed by atoms with Crippen LogP contribution in [0.3, 0.4) is 0 Å². The van der Waals surface area contributed by atoms with Crippen molar-refractivity contribution in [2.24, 2.45) is 0 Å². The van der Waals surface area contributed by atoms with E-state index in [-0.39, 0.29) is 0 Å². The van der Waals surface area contributed by atoms with Crippen LogP contribution in [0, 0.1) is 0 Å². The summed E-state index contributed by atoms with van der Waals surface area (Å²) in [6.07, 6.45) is 11.0. The lowest BCUT2D eigenvalue weighted by molar-refractivity contribution is 0.564. The fraction of sp³-hybridized carbons (Fsp3) is 0.625. The lowest BCUT2D eigenvalue weighted by Crippen LogP contribution is -2.26. The molecule has 1 saturated carbocycles. The molecule has 0 unspecified atom stereocenters. The normalized spacial score (nSPS) is 20.4. The Hall–Kier alpha value is -0.940. The molecule has 1 N–H and O–H groups in total. The number of rotatable bonds is 1. The summed E-state index contributed by atoms with van der Waals surface area (Å²) in [6, 6.07) is 0. The van der Waals surface area contributed by atoms with E-state index in [4.69, 9.17) is 5.10 Å². The minimum Gasteiger partial charge on any atom is -0.312 e. The highest BCUT2D eigenvalue weighted by Gasteiger charge is 2.24. The Morgan fingerprint density at radius 3 is 2.81 bits per heavy atom. The van der Waals surface area contributed by atoms with Gasteiger partial charge in [-0.15, -0.1) is 0 Å². The number of aromatic nitrogens is 3. The zero-order chi connectivity index (χ0) is 14.2. The molecule has 4 nitrogen and oxygen atoms in total. The number of hydrogen-bond donors (Lipinski definition) is 1. The minimum atomic E-state index is 0.598. The topological polar surface area (TPSA) is 42.2 Å². The zero-order valence-electron chi connectivity index (χ0n) is 12.2. The van der Waals surface area contributed by atoms with Crippen LogP contribution in [0.1, 0.15) is 61.4 Å². The highest BCUT2D eigenvalue weighted by atomic mass is 79.9. The van der Waals surface area contributed by atoms with E-state index in [0.29, 0.717) is 5.92 Å². The first-order chi connectivity index (χ1) is 10.3. The molecule has 2 aromatic rings. The molecule has 0 atom stereocenters. The van der Waals surface area contributed by atoms with Gasteiger partial charge >= 0.3 is 0 Å². The lowest BCUT2D eigenvalue weighted by Gasteiger charge is -2.17. The van der Waals surface area contributed by atoms with Crippen LogP contribution in [0.15, 0.2) is 10.7 Å². The third-order valence-corrected chi connectivity index (χ3v) is 5.66. The first kappa shape index (κ1) is 13.7. The second-order valence-corrected chi connectivity index (χ2v) is 7.07. The van der Waals surface area contributed by atoms with Crippen molar-refractivity contribution in [3.05, 3.63) is 27.6 Å². The molecule has 0 bridgehead atoms.